The Hall–Kier alpha value is -1.89. The van der Waals surface area contributed by atoms with Crippen molar-refractivity contribution in [1.29, 1.82) is 0 Å². The molecule has 3 rings (SSSR count). The standard InChI is InChI=1S/C12H18N6O/c1-3-8-7-19-5-4-18(8)11-9-6-14-17-10(9)15-12(13-2)16-11/h6,8H,3-5,7H2,1-2H3,(H2,13,14,15,16,17). The van der Waals surface area contributed by atoms with Gasteiger partial charge in [-0.1, -0.05) is 6.92 Å². The Bertz CT molecular complexity index is 568. The molecular weight excluding hydrogens is 244 g/mol. The Labute approximate surface area is 111 Å². The van der Waals surface area contributed by atoms with Crippen LogP contribution in [0, 0.1) is 0 Å². The minimum absolute atomic E-state index is 0.353. The summed E-state index contributed by atoms with van der Waals surface area (Å²) in [5.74, 6) is 1.53. The molecule has 1 aliphatic rings. The van der Waals surface area contributed by atoms with Crippen molar-refractivity contribution >= 4 is 22.8 Å². The summed E-state index contributed by atoms with van der Waals surface area (Å²) < 4.78 is 5.55. The van der Waals surface area contributed by atoms with Gasteiger partial charge >= 0.3 is 0 Å². The first kappa shape index (κ1) is 12.2. The molecule has 2 aromatic rings. The molecule has 1 saturated heterocycles. The fourth-order valence-corrected chi connectivity index (χ4v) is 2.42. The Morgan fingerprint density at radius 1 is 1.53 bits per heavy atom. The number of nitrogens with zero attached hydrogens (tertiary/aromatic N) is 4. The van der Waals surface area contributed by atoms with Crippen LogP contribution in [0.15, 0.2) is 6.20 Å². The van der Waals surface area contributed by atoms with Gasteiger partial charge in [-0.25, -0.2) is 0 Å². The second kappa shape index (κ2) is 5.00. The maximum atomic E-state index is 5.55. The van der Waals surface area contributed by atoms with Crippen LogP contribution in [0.3, 0.4) is 0 Å². The van der Waals surface area contributed by atoms with Crippen LogP contribution in [-0.2, 0) is 4.74 Å². The number of H-pyrrole nitrogens is 1. The van der Waals surface area contributed by atoms with Gasteiger partial charge in [-0.3, -0.25) is 5.10 Å². The van der Waals surface area contributed by atoms with E-state index in [2.05, 4.69) is 37.3 Å². The number of aromatic nitrogens is 4. The number of nitrogens with one attached hydrogen (secondary N) is 2. The molecule has 102 valence electrons. The van der Waals surface area contributed by atoms with Crippen LogP contribution in [0.1, 0.15) is 13.3 Å². The van der Waals surface area contributed by atoms with E-state index in [1.807, 2.05) is 7.05 Å². The summed E-state index contributed by atoms with van der Waals surface area (Å²) in [5, 5.41) is 10.9. The fourth-order valence-electron chi connectivity index (χ4n) is 2.42. The summed E-state index contributed by atoms with van der Waals surface area (Å²) in [4.78, 5) is 11.3. The summed E-state index contributed by atoms with van der Waals surface area (Å²) in [6.45, 7) is 4.49. The van der Waals surface area contributed by atoms with E-state index in [1.165, 1.54) is 0 Å². The van der Waals surface area contributed by atoms with Crippen molar-refractivity contribution in [3.05, 3.63) is 6.20 Å². The highest BCUT2D eigenvalue weighted by atomic mass is 16.5. The molecule has 1 aliphatic heterocycles. The van der Waals surface area contributed by atoms with Crippen molar-refractivity contribution in [2.24, 2.45) is 0 Å². The van der Waals surface area contributed by atoms with Crippen molar-refractivity contribution < 1.29 is 4.74 Å². The Kier molecular flexibility index (Phi) is 3.20. The second-order valence-electron chi connectivity index (χ2n) is 4.58. The highest BCUT2D eigenvalue weighted by Crippen LogP contribution is 2.27. The number of anilines is 2. The molecule has 19 heavy (non-hydrogen) atoms. The average molecular weight is 262 g/mol. The van der Waals surface area contributed by atoms with Gasteiger partial charge in [0.2, 0.25) is 5.95 Å². The maximum Gasteiger partial charge on any atom is 0.226 e. The van der Waals surface area contributed by atoms with Gasteiger partial charge in [0.1, 0.15) is 5.82 Å². The molecule has 0 bridgehead atoms. The van der Waals surface area contributed by atoms with E-state index in [4.69, 9.17) is 4.74 Å². The third-order valence-electron chi connectivity index (χ3n) is 3.48. The van der Waals surface area contributed by atoms with Crippen molar-refractivity contribution in [2.45, 2.75) is 19.4 Å². The molecule has 2 N–H and O–H groups in total. The van der Waals surface area contributed by atoms with Crippen LogP contribution in [-0.4, -0.2) is 53.0 Å². The van der Waals surface area contributed by atoms with Crippen LogP contribution in [0.5, 0.6) is 0 Å². The van der Waals surface area contributed by atoms with Crippen LogP contribution in [0.4, 0.5) is 11.8 Å². The smallest absolute Gasteiger partial charge is 0.226 e. The summed E-state index contributed by atoms with van der Waals surface area (Å²) >= 11 is 0. The third kappa shape index (κ3) is 2.10. The molecule has 0 amide bonds. The first-order chi connectivity index (χ1) is 9.33. The van der Waals surface area contributed by atoms with Gasteiger partial charge < -0.3 is 15.0 Å². The van der Waals surface area contributed by atoms with E-state index in [-0.39, 0.29) is 0 Å². The molecule has 3 heterocycles. The lowest BCUT2D eigenvalue weighted by Gasteiger charge is -2.36. The predicted molar refractivity (Wildman–Crippen MR) is 73.5 cm³/mol. The predicted octanol–water partition coefficient (Wildman–Crippen LogP) is 1.01. The number of ether oxygens (including phenoxy) is 1. The lowest BCUT2D eigenvalue weighted by Crippen LogP contribution is -2.45. The minimum Gasteiger partial charge on any atom is -0.377 e. The Morgan fingerprint density at radius 2 is 2.42 bits per heavy atom. The zero-order chi connectivity index (χ0) is 13.2. The van der Waals surface area contributed by atoms with Crippen LogP contribution in [0.25, 0.3) is 11.0 Å². The van der Waals surface area contributed by atoms with E-state index in [1.54, 1.807) is 6.20 Å². The molecule has 7 heteroatoms. The molecule has 0 saturated carbocycles. The molecule has 2 aromatic heterocycles. The van der Waals surface area contributed by atoms with Crippen molar-refractivity contribution in [2.75, 3.05) is 37.0 Å². The zero-order valence-corrected chi connectivity index (χ0v) is 11.2. The van der Waals surface area contributed by atoms with Gasteiger partial charge in [0, 0.05) is 13.6 Å². The normalized spacial score (nSPS) is 19.9. The van der Waals surface area contributed by atoms with E-state index in [9.17, 15) is 0 Å². The van der Waals surface area contributed by atoms with Crippen molar-refractivity contribution in [3.8, 4) is 0 Å². The van der Waals surface area contributed by atoms with Gasteiger partial charge in [-0.2, -0.15) is 15.1 Å². The quantitative estimate of drug-likeness (QED) is 0.859. The van der Waals surface area contributed by atoms with E-state index in [0.29, 0.717) is 12.0 Å². The lowest BCUT2D eigenvalue weighted by atomic mass is 10.1. The number of aromatic amines is 1. The lowest BCUT2D eigenvalue weighted by molar-refractivity contribution is 0.0927. The summed E-state index contributed by atoms with van der Waals surface area (Å²) in [6, 6.07) is 0.353. The average Bonchev–Trinajstić information content (AvgIpc) is 2.94. The van der Waals surface area contributed by atoms with Crippen molar-refractivity contribution in [1.82, 2.24) is 20.2 Å². The highest BCUT2D eigenvalue weighted by molar-refractivity contribution is 5.87. The van der Waals surface area contributed by atoms with E-state index >= 15 is 0 Å². The second-order valence-corrected chi connectivity index (χ2v) is 4.58. The molecule has 0 radical (unpaired) electrons. The largest absolute Gasteiger partial charge is 0.377 e. The van der Waals surface area contributed by atoms with Crippen LogP contribution < -0.4 is 10.2 Å². The van der Waals surface area contributed by atoms with Gasteiger partial charge in [-0.05, 0) is 6.42 Å². The molecular formula is C12H18N6O. The third-order valence-corrected chi connectivity index (χ3v) is 3.48. The van der Waals surface area contributed by atoms with Gasteiger partial charge in [0.25, 0.3) is 0 Å². The number of fused-ring (bicyclic) bond motifs is 1. The molecule has 1 fully saturated rings. The van der Waals surface area contributed by atoms with Crippen molar-refractivity contribution in [3.63, 3.8) is 0 Å². The summed E-state index contributed by atoms with van der Waals surface area (Å²) in [5.41, 5.74) is 0.760. The van der Waals surface area contributed by atoms with Gasteiger partial charge in [-0.15, -0.1) is 0 Å². The summed E-state index contributed by atoms with van der Waals surface area (Å²) in [7, 11) is 1.82. The molecule has 0 aliphatic carbocycles. The zero-order valence-electron chi connectivity index (χ0n) is 11.2. The first-order valence-electron chi connectivity index (χ1n) is 6.56. The molecule has 1 atom stereocenters. The topological polar surface area (TPSA) is 79.0 Å². The summed E-state index contributed by atoms with van der Waals surface area (Å²) in [6.07, 6.45) is 2.81. The monoisotopic (exact) mass is 262 g/mol. The number of hydrogen-bond donors (Lipinski definition) is 2. The van der Waals surface area contributed by atoms with E-state index < -0.39 is 0 Å². The Morgan fingerprint density at radius 3 is 3.21 bits per heavy atom. The SMILES string of the molecule is CCC1COCCN1c1nc(NC)nc2[nH]ncc12. The molecule has 0 aromatic carbocycles. The fraction of sp³-hybridized carbons (Fsp3) is 0.583. The van der Waals surface area contributed by atoms with Gasteiger partial charge in [0.15, 0.2) is 5.65 Å². The molecule has 7 nitrogen and oxygen atoms in total. The number of rotatable bonds is 3. The molecule has 0 spiro atoms. The van der Waals surface area contributed by atoms with Gasteiger partial charge in [0.05, 0.1) is 30.8 Å². The Balaban J connectivity index is 2.08. The highest BCUT2D eigenvalue weighted by Gasteiger charge is 2.25. The minimum atomic E-state index is 0.353. The van der Waals surface area contributed by atoms with E-state index in [0.717, 1.165) is 43.0 Å². The number of morpholine rings is 1. The maximum absolute atomic E-state index is 5.55. The molecule has 1 unspecified atom stereocenters. The number of hydrogen-bond acceptors (Lipinski definition) is 6. The van der Waals surface area contributed by atoms with Crippen LogP contribution >= 0.6 is 0 Å². The first-order valence-corrected chi connectivity index (χ1v) is 6.56. The van der Waals surface area contributed by atoms with Crippen LogP contribution in [0.2, 0.25) is 0 Å².